The summed E-state index contributed by atoms with van der Waals surface area (Å²) in [6.45, 7) is 5.01. The fraction of sp³-hybridized carbons (Fsp3) is 0.786. The van der Waals surface area contributed by atoms with Crippen molar-refractivity contribution in [2.45, 2.75) is 51.6 Å². The molecule has 1 aromatic rings. The normalized spacial score (nSPS) is 26.8. The first-order valence-electron chi connectivity index (χ1n) is 7.00. The Morgan fingerprint density at radius 1 is 1.44 bits per heavy atom. The number of aromatic nitrogens is 1. The molecule has 1 saturated carbocycles. The molecule has 100 valence electrons. The Kier molecular flexibility index (Phi) is 3.68. The van der Waals surface area contributed by atoms with Gasteiger partial charge in [0.15, 0.2) is 0 Å². The van der Waals surface area contributed by atoms with Gasteiger partial charge in [0, 0.05) is 30.7 Å². The van der Waals surface area contributed by atoms with Crippen LogP contribution in [0.5, 0.6) is 0 Å². The molecule has 2 heterocycles. The molecule has 0 aromatic carbocycles. The second-order valence-corrected chi connectivity index (χ2v) is 6.60. The number of ether oxygens (including phenoxy) is 1. The third-order valence-corrected chi connectivity index (χ3v) is 5.68. The Bertz CT molecular complexity index is 398. The Morgan fingerprint density at radius 3 is 3.00 bits per heavy atom. The second-order valence-electron chi connectivity index (χ2n) is 5.66. The number of hydrogen-bond acceptors (Lipinski definition) is 4. The summed E-state index contributed by atoms with van der Waals surface area (Å²) in [5.41, 5.74) is 3.66. The summed E-state index contributed by atoms with van der Waals surface area (Å²) in [5, 5.41) is 3.80. The molecule has 0 radical (unpaired) electrons. The Morgan fingerprint density at radius 2 is 2.28 bits per heavy atom. The highest BCUT2D eigenvalue weighted by Crippen LogP contribution is 2.46. The van der Waals surface area contributed by atoms with Crippen molar-refractivity contribution in [2.75, 3.05) is 13.2 Å². The van der Waals surface area contributed by atoms with Gasteiger partial charge in [-0.15, -0.1) is 11.3 Å². The Labute approximate surface area is 113 Å². The third kappa shape index (κ3) is 2.33. The van der Waals surface area contributed by atoms with E-state index in [2.05, 4.69) is 17.2 Å². The van der Waals surface area contributed by atoms with Crippen LogP contribution in [0.4, 0.5) is 0 Å². The van der Waals surface area contributed by atoms with E-state index in [0.717, 1.165) is 19.8 Å². The molecule has 1 N–H and O–H groups in total. The molecule has 1 aliphatic carbocycles. The minimum atomic E-state index is 0.525. The standard InChI is InChI=1S/C14H22N2OS/c1-11-12(18-10-16-11)9-15-13-3-2-4-14(13)5-7-17-8-6-14/h10,13,15H,2-9H2,1H3. The summed E-state index contributed by atoms with van der Waals surface area (Å²) < 4.78 is 5.54. The largest absolute Gasteiger partial charge is 0.381 e. The average molecular weight is 266 g/mol. The zero-order chi connectivity index (χ0) is 12.4. The summed E-state index contributed by atoms with van der Waals surface area (Å²) in [4.78, 5) is 5.72. The topological polar surface area (TPSA) is 34.2 Å². The lowest BCUT2D eigenvalue weighted by molar-refractivity contribution is 0.00418. The van der Waals surface area contributed by atoms with Crippen LogP contribution in [0.2, 0.25) is 0 Å². The third-order valence-electron chi connectivity index (χ3n) is 4.75. The van der Waals surface area contributed by atoms with Crippen LogP contribution >= 0.6 is 11.3 Å². The van der Waals surface area contributed by atoms with Gasteiger partial charge in [-0.05, 0) is 38.0 Å². The van der Waals surface area contributed by atoms with Crippen LogP contribution in [0.3, 0.4) is 0 Å². The average Bonchev–Trinajstić information content (AvgIpc) is 2.95. The SMILES string of the molecule is Cc1ncsc1CNC1CCCC12CCOCC2. The van der Waals surface area contributed by atoms with Crippen LogP contribution in [-0.4, -0.2) is 24.2 Å². The maximum Gasteiger partial charge on any atom is 0.0798 e. The predicted octanol–water partition coefficient (Wildman–Crippen LogP) is 2.89. The van der Waals surface area contributed by atoms with E-state index in [9.17, 15) is 0 Å². The molecular weight excluding hydrogens is 244 g/mol. The summed E-state index contributed by atoms with van der Waals surface area (Å²) in [6.07, 6.45) is 6.57. The number of aryl methyl sites for hydroxylation is 1. The first kappa shape index (κ1) is 12.6. The van der Waals surface area contributed by atoms with E-state index in [-0.39, 0.29) is 0 Å². The Balaban J connectivity index is 1.63. The van der Waals surface area contributed by atoms with Crippen LogP contribution in [0.25, 0.3) is 0 Å². The van der Waals surface area contributed by atoms with Gasteiger partial charge in [-0.1, -0.05) is 6.42 Å². The fourth-order valence-electron chi connectivity index (χ4n) is 3.55. The van der Waals surface area contributed by atoms with Gasteiger partial charge in [-0.2, -0.15) is 0 Å². The number of nitrogens with one attached hydrogen (secondary N) is 1. The molecule has 4 heteroatoms. The van der Waals surface area contributed by atoms with Crippen molar-refractivity contribution in [1.82, 2.24) is 10.3 Å². The lowest BCUT2D eigenvalue weighted by atomic mass is 9.75. The van der Waals surface area contributed by atoms with Crippen molar-refractivity contribution in [3.8, 4) is 0 Å². The lowest BCUT2D eigenvalue weighted by Gasteiger charge is -2.39. The van der Waals surface area contributed by atoms with Crippen LogP contribution in [0, 0.1) is 12.3 Å². The van der Waals surface area contributed by atoms with Crippen molar-refractivity contribution >= 4 is 11.3 Å². The van der Waals surface area contributed by atoms with Gasteiger partial charge < -0.3 is 10.1 Å². The summed E-state index contributed by atoms with van der Waals surface area (Å²) >= 11 is 1.77. The highest BCUT2D eigenvalue weighted by molar-refractivity contribution is 7.09. The van der Waals surface area contributed by atoms with Crippen LogP contribution in [-0.2, 0) is 11.3 Å². The monoisotopic (exact) mass is 266 g/mol. The fourth-order valence-corrected chi connectivity index (χ4v) is 4.27. The highest BCUT2D eigenvalue weighted by atomic mass is 32.1. The molecule has 2 fully saturated rings. The van der Waals surface area contributed by atoms with Gasteiger partial charge in [0.25, 0.3) is 0 Å². The highest BCUT2D eigenvalue weighted by Gasteiger charge is 2.43. The van der Waals surface area contributed by atoms with Crippen LogP contribution in [0.1, 0.15) is 42.7 Å². The molecule has 3 nitrogen and oxygen atoms in total. The van der Waals surface area contributed by atoms with E-state index in [1.165, 1.54) is 42.7 Å². The molecule has 18 heavy (non-hydrogen) atoms. The quantitative estimate of drug-likeness (QED) is 0.913. The van der Waals surface area contributed by atoms with Crippen molar-refractivity contribution in [3.05, 3.63) is 16.1 Å². The van der Waals surface area contributed by atoms with E-state index in [0.29, 0.717) is 11.5 Å². The maximum absolute atomic E-state index is 5.54. The van der Waals surface area contributed by atoms with E-state index in [1.54, 1.807) is 11.3 Å². The molecule has 3 rings (SSSR count). The van der Waals surface area contributed by atoms with Gasteiger partial charge in [0.1, 0.15) is 0 Å². The minimum Gasteiger partial charge on any atom is -0.381 e. The number of hydrogen-bond donors (Lipinski definition) is 1. The summed E-state index contributed by atoms with van der Waals surface area (Å²) in [7, 11) is 0. The van der Waals surface area contributed by atoms with Gasteiger partial charge in [-0.25, -0.2) is 4.98 Å². The minimum absolute atomic E-state index is 0.525. The zero-order valence-electron chi connectivity index (χ0n) is 11.1. The Hall–Kier alpha value is -0.450. The molecule has 1 spiro atoms. The van der Waals surface area contributed by atoms with Crippen molar-refractivity contribution in [1.29, 1.82) is 0 Å². The van der Waals surface area contributed by atoms with Crippen LogP contribution < -0.4 is 5.32 Å². The molecular formula is C14H22N2OS. The van der Waals surface area contributed by atoms with Crippen molar-refractivity contribution in [3.63, 3.8) is 0 Å². The van der Waals surface area contributed by atoms with Gasteiger partial charge in [0.05, 0.1) is 11.2 Å². The zero-order valence-corrected chi connectivity index (χ0v) is 11.9. The van der Waals surface area contributed by atoms with Crippen molar-refractivity contribution < 1.29 is 4.74 Å². The van der Waals surface area contributed by atoms with Crippen LogP contribution in [0.15, 0.2) is 5.51 Å². The predicted molar refractivity (Wildman–Crippen MR) is 73.8 cm³/mol. The van der Waals surface area contributed by atoms with Gasteiger partial charge in [0.2, 0.25) is 0 Å². The molecule has 0 bridgehead atoms. The van der Waals surface area contributed by atoms with E-state index in [4.69, 9.17) is 4.74 Å². The first-order valence-corrected chi connectivity index (χ1v) is 7.88. The lowest BCUT2D eigenvalue weighted by Crippen LogP contribution is -2.44. The maximum atomic E-state index is 5.54. The summed E-state index contributed by atoms with van der Waals surface area (Å²) in [5.74, 6) is 0. The van der Waals surface area contributed by atoms with E-state index >= 15 is 0 Å². The number of nitrogens with zero attached hydrogens (tertiary/aromatic N) is 1. The molecule has 2 aliphatic rings. The van der Waals surface area contributed by atoms with E-state index in [1.807, 2.05) is 5.51 Å². The molecule has 1 unspecified atom stereocenters. The van der Waals surface area contributed by atoms with Crippen molar-refractivity contribution in [2.24, 2.45) is 5.41 Å². The van der Waals surface area contributed by atoms with Gasteiger partial charge in [-0.3, -0.25) is 0 Å². The van der Waals surface area contributed by atoms with E-state index < -0.39 is 0 Å². The second kappa shape index (κ2) is 5.27. The smallest absolute Gasteiger partial charge is 0.0798 e. The first-order chi connectivity index (χ1) is 8.80. The van der Waals surface area contributed by atoms with Gasteiger partial charge >= 0.3 is 0 Å². The molecule has 0 amide bonds. The molecule has 1 atom stereocenters. The molecule has 1 aromatic heterocycles. The number of thiazole rings is 1. The molecule has 1 saturated heterocycles. The molecule has 1 aliphatic heterocycles. The number of rotatable bonds is 3. The summed E-state index contributed by atoms with van der Waals surface area (Å²) in [6, 6.07) is 0.683.